The number of ether oxygens (including phenoxy) is 2. The summed E-state index contributed by atoms with van der Waals surface area (Å²) in [7, 11) is 0. The SMILES string of the molecule is CCCCCCCCNC(=O)COc1cc2oc3cc(OCC(=O)NCCCNCCCN)c(CO)c(CC=C(C)C)c3c(=O)c2c(O)c1CC=C(C)C. The number of carbonyl (C=O) groups is 2. The Hall–Kier alpha value is -4.39. The fourth-order valence-electron chi connectivity index (χ4n) is 6.04. The van der Waals surface area contributed by atoms with Crippen molar-refractivity contribution in [3.63, 3.8) is 0 Å². The number of allylic oxidation sites excluding steroid dienone is 4. The van der Waals surface area contributed by atoms with Gasteiger partial charge in [-0.25, -0.2) is 0 Å². The van der Waals surface area contributed by atoms with Crippen molar-refractivity contribution in [2.24, 2.45) is 5.73 Å². The minimum absolute atomic E-state index is 0.0348. The monoisotopic (exact) mass is 750 g/mol. The normalized spacial score (nSPS) is 11.1. The molecule has 1 aromatic heterocycles. The van der Waals surface area contributed by atoms with Crippen LogP contribution in [0.1, 0.15) is 103 Å². The van der Waals surface area contributed by atoms with Gasteiger partial charge in [-0.15, -0.1) is 0 Å². The number of unbranched alkanes of at least 4 members (excludes halogenated alkanes) is 5. The number of benzene rings is 2. The quantitative estimate of drug-likeness (QED) is 0.0349. The lowest BCUT2D eigenvalue weighted by Crippen LogP contribution is -2.31. The van der Waals surface area contributed by atoms with E-state index in [9.17, 15) is 24.6 Å². The fourth-order valence-corrected chi connectivity index (χ4v) is 6.04. The molecule has 12 heteroatoms. The number of amides is 2. The average molecular weight is 751 g/mol. The Balaban J connectivity index is 1.98. The van der Waals surface area contributed by atoms with E-state index in [1.165, 1.54) is 31.4 Å². The van der Waals surface area contributed by atoms with Crippen LogP contribution in [0.15, 0.2) is 44.6 Å². The van der Waals surface area contributed by atoms with Crippen molar-refractivity contribution in [1.29, 1.82) is 0 Å². The lowest BCUT2D eigenvalue weighted by Gasteiger charge is -2.18. The highest BCUT2D eigenvalue weighted by atomic mass is 16.5. The highest BCUT2D eigenvalue weighted by Crippen LogP contribution is 2.39. The number of hydrogen-bond acceptors (Lipinski definition) is 10. The van der Waals surface area contributed by atoms with Gasteiger partial charge in [0.05, 0.1) is 12.0 Å². The number of nitrogens with two attached hydrogens (primary N) is 1. The fraction of sp³-hybridized carbons (Fsp3) is 0.548. The Kier molecular flexibility index (Phi) is 19.1. The first-order valence-electron chi connectivity index (χ1n) is 19.4. The van der Waals surface area contributed by atoms with Crippen LogP contribution in [0, 0.1) is 0 Å². The first-order valence-corrected chi connectivity index (χ1v) is 19.4. The largest absolute Gasteiger partial charge is 0.507 e. The van der Waals surface area contributed by atoms with Crippen LogP contribution in [0.25, 0.3) is 21.9 Å². The van der Waals surface area contributed by atoms with Crippen molar-refractivity contribution in [1.82, 2.24) is 16.0 Å². The zero-order valence-electron chi connectivity index (χ0n) is 33.0. The highest BCUT2D eigenvalue weighted by molar-refractivity contribution is 5.97. The molecule has 0 fully saturated rings. The van der Waals surface area contributed by atoms with E-state index in [1.807, 2.05) is 39.8 Å². The summed E-state index contributed by atoms with van der Waals surface area (Å²) >= 11 is 0. The van der Waals surface area contributed by atoms with Gasteiger partial charge in [0.25, 0.3) is 11.8 Å². The second-order valence-corrected chi connectivity index (χ2v) is 14.1. The lowest BCUT2D eigenvalue weighted by molar-refractivity contribution is -0.123. The Bertz CT molecular complexity index is 1810. The molecule has 0 bridgehead atoms. The van der Waals surface area contributed by atoms with Gasteiger partial charge in [0.15, 0.2) is 13.2 Å². The molecule has 0 radical (unpaired) electrons. The predicted molar refractivity (Wildman–Crippen MR) is 215 cm³/mol. The highest BCUT2D eigenvalue weighted by Gasteiger charge is 2.24. The molecule has 12 nitrogen and oxygen atoms in total. The first-order chi connectivity index (χ1) is 26.0. The minimum atomic E-state index is -0.485. The van der Waals surface area contributed by atoms with Crippen LogP contribution in [0.5, 0.6) is 17.2 Å². The second-order valence-electron chi connectivity index (χ2n) is 14.1. The third-order valence-corrected chi connectivity index (χ3v) is 9.04. The molecule has 7 N–H and O–H groups in total. The molecule has 0 atom stereocenters. The van der Waals surface area contributed by atoms with Crippen molar-refractivity contribution in [2.75, 3.05) is 45.9 Å². The van der Waals surface area contributed by atoms with Gasteiger partial charge in [0.1, 0.15) is 33.8 Å². The summed E-state index contributed by atoms with van der Waals surface area (Å²) in [5.41, 5.74) is 8.40. The number of aliphatic hydroxyl groups excluding tert-OH is 1. The summed E-state index contributed by atoms with van der Waals surface area (Å²) < 4.78 is 18.2. The van der Waals surface area contributed by atoms with Gasteiger partial charge in [-0.1, -0.05) is 62.3 Å². The number of phenols is 1. The Labute approximate surface area is 319 Å². The Morgan fingerprint density at radius 3 is 1.87 bits per heavy atom. The Morgan fingerprint density at radius 2 is 1.28 bits per heavy atom. The van der Waals surface area contributed by atoms with E-state index in [0.717, 1.165) is 56.3 Å². The third kappa shape index (κ3) is 13.5. The molecular weight excluding hydrogens is 688 g/mol. The summed E-state index contributed by atoms with van der Waals surface area (Å²) in [5, 5.41) is 31.4. The molecule has 3 aromatic rings. The zero-order valence-corrected chi connectivity index (χ0v) is 33.0. The van der Waals surface area contributed by atoms with Gasteiger partial charge in [0.2, 0.25) is 5.43 Å². The van der Waals surface area contributed by atoms with Crippen molar-refractivity contribution in [2.45, 2.75) is 105 Å². The molecule has 1 heterocycles. The molecule has 0 spiro atoms. The van der Waals surface area contributed by atoms with E-state index in [2.05, 4.69) is 22.9 Å². The number of phenolic OH excluding ortho intramolecular Hbond substituents is 1. The van der Waals surface area contributed by atoms with Gasteiger partial charge in [-0.05, 0) is 85.0 Å². The van der Waals surface area contributed by atoms with Crippen molar-refractivity contribution >= 4 is 33.8 Å². The summed E-state index contributed by atoms with van der Waals surface area (Å²) in [6.07, 6.45) is 12.6. The molecule has 54 heavy (non-hydrogen) atoms. The predicted octanol–water partition coefficient (Wildman–Crippen LogP) is 5.84. The number of aromatic hydroxyl groups is 1. The number of nitrogens with one attached hydrogen (secondary N) is 3. The standard InChI is InChI=1S/C42H62N4O8/c1-6-7-8-9-10-11-21-45-37(48)26-52-33-23-36-40(41(50)31(33)17-15-29(4)5)42(51)39-30(16-14-28(2)3)32(25-47)34(24-35(39)54-36)53-27-38(49)46-22-13-20-44-19-12-18-43/h14-15,23-24,44,47,50H,6-13,16-22,25-27,43H2,1-5H3,(H,45,48)(H,46,49). The van der Waals surface area contributed by atoms with Crippen molar-refractivity contribution in [3.05, 3.63) is 62.3 Å². The van der Waals surface area contributed by atoms with Gasteiger partial charge < -0.3 is 45.8 Å². The minimum Gasteiger partial charge on any atom is -0.507 e. The van der Waals surface area contributed by atoms with Crippen LogP contribution in [0.2, 0.25) is 0 Å². The molecule has 0 aliphatic carbocycles. The van der Waals surface area contributed by atoms with E-state index in [0.29, 0.717) is 36.3 Å². The van der Waals surface area contributed by atoms with Crippen LogP contribution in [-0.2, 0) is 29.0 Å². The topological polar surface area (TPSA) is 185 Å². The van der Waals surface area contributed by atoms with Crippen LogP contribution in [0.4, 0.5) is 0 Å². The van der Waals surface area contributed by atoms with Crippen LogP contribution in [0.3, 0.4) is 0 Å². The third-order valence-electron chi connectivity index (χ3n) is 9.04. The molecule has 0 unspecified atom stereocenters. The maximum absolute atomic E-state index is 14.4. The zero-order chi connectivity index (χ0) is 39.5. The molecule has 0 saturated carbocycles. The maximum Gasteiger partial charge on any atom is 0.257 e. The van der Waals surface area contributed by atoms with Gasteiger partial charge >= 0.3 is 0 Å². The number of rotatable bonds is 25. The molecule has 0 saturated heterocycles. The number of carbonyl (C=O) groups excluding carboxylic acids is 2. The van der Waals surface area contributed by atoms with E-state index in [1.54, 1.807) is 0 Å². The van der Waals surface area contributed by atoms with Crippen LogP contribution >= 0.6 is 0 Å². The van der Waals surface area contributed by atoms with E-state index in [4.69, 9.17) is 19.6 Å². The summed E-state index contributed by atoms with van der Waals surface area (Å²) in [6.45, 7) is 12.0. The van der Waals surface area contributed by atoms with Gasteiger partial charge in [-0.3, -0.25) is 14.4 Å². The maximum atomic E-state index is 14.4. The molecule has 2 amide bonds. The second kappa shape index (κ2) is 23.4. The first kappa shape index (κ1) is 44.0. The molecule has 298 valence electrons. The molecule has 2 aromatic carbocycles. The van der Waals surface area contributed by atoms with Crippen LogP contribution < -0.4 is 36.6 Å². The van der Waals surface area contributed by atoms with Gasteiger partial charge in [-0.2, -0.15) is 0 Å². The number of aliphatic hydroxyl groups is 1. The lowest BCUT2D eigenvalue weighted by atomic mass is 9.95. The summed E-state index contributed by atoms with van der Waals surface area (Å²) in [4.78, 5) is 39.8. The van der Waals surface area contributed by atoms with E-state index < -0.39 is 12.0 Å². The molecule has 3 rings (SSSR count). The van der Waals surface area contributed by atoms with Crippen molar-refractivity contribution in [3.8, 4) is 17.2 Å². The summed E-state index contributed by atoms with van der Waals surface area (Å²) in [6, 6.07) is 3.02. The van der Waals surface area contributed by atoms with Gasteiger partial charge in [0, 0.05) is 36.3 Å². The molecule has 0 aliphatic heterocycles. The average Bonchev–Trinajstić information content (AvgIpc) is 3.13. The smallest absolute Gasteiger partial charge is 0.257 e. The van der Waals surface area contributed by atoms with Crippen LogP contribution in [-0.4, -0.2) is 68.0 Å². The molecular formula is C42H62N4O8. The van der Waals surface area contributed by atoms with Crippen molar-refractivity contribution < 1.29 is 33.7 Å². The summed E-state index contributed by atoms with van der Waals surface area (Å²) in [5.74, 6) is -0.506. The van der Waals surface area contributed by atoms with E-state index in [-0.39, 0.29) is 77.1 Å². The number of hydrogen-bond donors (Lipinski definition) is 6. The molecule has 0 aliphatic rings. The Morgan fingerprint density at radius 1 is 0.741 bits per heavy atom. The van der Waals surface area contributed by atoms with E-state index >= 15 is 0 Å². The number of fused-ring (bicyclic) bond motifs is 2.